The van der Waals surface area contributed by atoms with Crippen molar-refractivity contribution >= 4 is 23.2 Å². The lowest BCUT2D eigenvalue weighted by Gasteiger charge is -2.34. The Morgan fingerprint density at radius 2 is 1.94 bits per heavy atom. The number of rotatable bonds is 3. The number of methoxy groups -OCH3 is 1. The first-order valence-electron chi connectivity index (χ1n) is 5.80. The Morgan fingerprint density at radius 3 is 2.50 bits per heavy atom. The molecule has 1 aromatic rings. The molecule has 0 spiro atoms. The van der Waals surface area contributed by atoms with Crippen LogP contribution >= 0.6 is 11.3 Å². The van der Waals surface area contributed by atoms with Crippen molar-refractivity contribution in [3.63, 3.8) is 0 Å². The zero-order chi connectivity index (χ0) is 13.0. The summed E-state index contributed by atoms with van der Waals surface area (Å²) in [6.45, 7) is 2.45. The summed E-state index contributed by atoms with van der Waals surface area (Å²) in [5, 5.41) is 3.75. The highest BCUT2D eigenvalue weighted by Gasteiger charge is 2.24. The molecule has 0 bridgehead atoms. The summed E-state index contributed by atoms with van der Waals surface area (Å²) in [7, 11) is 1.51. The van der Waals surface area contributed by atoms with E-state index in [1.165, 1.54) is 18.4 Å². The van der Waals surface area contributed by atoms with Gasteiger partial charge in [0.25, 0.3) is 5.91 Å². The summed E-state index contributed by atoms with van der Waals surface area (Å²) in [6.07, 6.45) is 0. The second-order valence-corrected chi connectivity index (χ2v) is 4.90. The standard InChI is InChI=1S/C12H16N2O3S/c1-17-8-11(15)13-3-5-14(6-4-13)12(16)10-2-7-18-9-10/h2,7,9H,3-6,8H2,1H3. The maximum atomic E-state index is 12.1. The minimum atomic E-state index is -0.0138. The fraction of sp³-hybridized carbons (Fsp3) is 0.500. The Hall–Kier alpha value is -1.40. The van der Waals surface area contributed by atoms with E-state index in [-0.39, 0.29) is 18.4 Å². The van der Waals surface area contributed by atoms with Gasteiger partial charge in [0.15, 0.2) is 0 Å². The molecule has 0 radical (unpaired) electrons. The van der Waals surface area contributed by atoms with Gasteiger partial charge >= 0.3 is 0 Å². The van der Waals surface area contributed by atoms with E-state index in [9.17, 15) is 9.59 Å². The molecule has 0 aliphatic carbocycles. The predicted octanol–water partition coefficient (Wildman–Crippen LogP) is 0.679. The fourth-order valence-electron chi connectivity index (χ4n) is 1.94. The largest absolute Gasteiger partial charge is 0.375 e. The van der Waals surface area contributed by atoms with Crippen molar-refractivity contribution in [1.29, 1.82) is 0 Å². The molecule has 2 heterocycles. The molecular formula is C12H16N2O3S. The summed E-state index contributed by atoms with van der Waals surface area (Å²) in [4.78, 5) is 27.2. The van der Waals surface area contributed by atoms with Gasteiger partial charge in [-0.1, -0.05) is 0 Å². The molecule has 0 N–H and O–H groups in total. The minimum Gasteiger partial charge on any atom is -0.375 e. The van der Waals surface area contributed by atoms with E-state index in [2.05, 4.69) is 0 Å². The van der Waals surface area contributed by atoms with Crippen LogP contribution in [-0.2, 0) is 9.53 Å². The maximum Gasteiger partial charge on any atom is 0.254 e. The highest BCUT2D eigenvalue weighted by Crippen LogP contribution is 2.12. The number of hydrogen-bond donors (Lipinski definition) is 0. The maximum absolute atomic E-state index is 12.1. The van der Waals surface area contributed by atoms with Crippen LogP contribution in [0.4, 0.5) is 0 Å². The molecule has 2 rings (SSSR count). The van der Waals surface area contributed by atoms with Gasteiger partial charge in [0.2, 0.25) is 5.91 Å². The number of nitrogens with zero attached hydrogens (tertiary/aromatic N) is 2. The number of ether oxygens (including phenoxy) is 1. The minimum absolute atomic E-state index is 0.0138. The zero-order valence-electron chi connectivity index (χ0n) is 10.3. The van der Waals surface area contributed by atoms with Gasteiger partial charge in [0, 0.05) is 38.7 Å². The molecule has 1 fully saturated rings. The first-order chi connectivity index (χ1) is 8.72. The highest BCUT2D eigenvalue weighted by molar-refractivity contribution is 7.08. The summed E-state index contributed by atoms with van der Waals surface area (Å²) in [5.41, 5.74) is 0.733. The van der Waals surface area contributed by atoms with Crippen molar-refractivity contribution in [2.45, 2.75) is 0 Å². The Balaban J connectivity index is 1.87. The van der Waals surface area contributed by atoms with Crippen molar-refractivity contribution in [2.24, 2.45) is 0 Å². The molecule has 1 aliphatic rings. The second-order valence-electron chi connectivity index (χ2n) is 4.12. The van der Waals surface area contributed by atoms with E-state index >= 15 is 0 Å². The predicted molar refractivity (Wildman–Crippen MR) is 68.7 cm³/mol. The van der Waals surface area contributed by atoms with Gasteiger partial charge in [-0.3, -0.25) is 9.59 Å². The van der Waals surface area contributed by atoms with Crippen molar-refractivity contribution in [1.82, 2.24) is 9.80 Å². The molecule has 1 aromatic heterocycles. The van der Waals surface area contributed by atoms with Gasteiger partial charge in [-0.25, -0.2) is 0 Å². The van der Waals surface area contributed by atoms with E-state index in [1.54, 1.807) is 9.80 Å². The Labute approximate surface area is 110 Å². The van der Waals surface area contributed by atoms with Crippen LogP contribution in [0.25, 0.3) is 0 Å². The molecule has 18 heavy (non-hydrogen) atoms. The molecule has 0 atom stereocenters. The number of amides is 2. The average Bonchev–Trinajstić information content (AvgIpc) is 2.92. The topological polar surface area (TPSA) is 49.9 Å². The molecule has 1 saturated heterocycles. The summed E-state index contributed by atoms with van der Waals surface area (Å²) in [5.74, 6) is 0.0372. The first-order valence-corrected chi connectivity index (χ1v) is 6.75. The molecule has 1 aliphatic heterocycles. The number of thiophene rings is 1. The number of hydrogen-bond acceptors (Lipinski definition) is 4. The normalized spacial score (nSPS) is 15.8. The smallest absolute Gasteiger partial charge is 0.254 e. The van der Waals surface area contributed by atoms with Gasteiger partial charge in [-0.05, 0) is 11.4 Å². The molecule has 2 amide bonds. The van der Waals surface area contributed by atoms with Gasteiger partial charge in [-0.2, -0.15) is 11.3 Å². The van der Waals surface area contributed by atoms with Gasteiger partial charge < -0.3 is 14.5 Å². The molecule has 0 aromatic carbocycles. The lowest BCUT2D eigenvalue weighted by atomic mass is 10.2. The monoisotopic (exact) mass is 268 g/mol. The van der Waals surface area contributed by atoms with Crippen LogP contribution in [0.1, 0.15) is 10.4 Å². The van der Waals surface area contributed by atoms with E-state index in [0.717, 1.165) is 5.56 Å². The molecule has 98 valence electrons. The SMILES string of the molecule is COCC(=O)N1CCN(C(=O)c2ccsc2)CC1. The van der Waals surface area contributed by atoms with E-state index < -0.39 is 0 Å². The van der Waals surface area contributed by atoms with Crippen LogP contribution in [0, 0.1) is 0 Å². The molecule has 0 saturated carbocycles. The molecule has 5 nitrogen and oxygen atoms in total. The van der Waals surface area contributed by atoms with Crippen LogP contribution < -0.4 is 0 Å². The van der Waals surface area contributed by atoms with Crippen molar-refractivity contribution < 1.29 is 14.3 Å². The lowest BCUT2D eigenvalue weighted by molar-refractivity contribution is -0.136. The lowest BCUT2D eigenvalue weighted by Crippen LogP contribution is -2.51. The number of carbonyl (C=O) groups is 2. The van der Waals surface area contributed by atoms with Crippen molar-refractivity contribution in [3.8, 4) is 0 Å². The zero-order valence-corrected chi connectivity index (χ0v) is 11.1. The first kappa shape index (κ1) is 13.0. The Kier molecular flexibility index (Phi) is 4.33. The van der Waals surface area contributed by atoms with Crippen LogP contribution in [0.15, 0.2) is 16.8 Å². The highest BCUT2D eigenvalue weighted by atomic mass is 32.1. The van der Waals surface area contributed by atoms with E-state index in [0.29, 0.717) is 26.2 Å². The summed E-state index contributed by atoms with van der Waals surface area (Å²) >= 11 is 1.52. The average molecular weight is 268 g/mol. The Morgan fingerprint density at radius 1 is 1.28 bits per heavy atom. The van der Waals surface area contributed by atoms with Gasteiger partial charge in [0.05, 0.1) is 5.56 Å². The van der Waals surface area contributed by atoms with Crippen molar-refractivity contribution in [2.75, 3.05) is 39.9 Å². The second kappa shape index (κ2) is 5.97. The Bertz CT molecular complexity index is 411. The summed E-state index contributed by atoms with van der Waals surface area (Å²) in [6, 6.07) is 1.83. The third-order valence-corrected chi connectivity index (χ3v) is 3.64. The number of carbonyl (C=O) groups excluding carboxylic acids is 2. The van der Waals surface area contributed by atoms with Crippen LogP contribution in [0.3, 0.4) is 0 Å². The van der Waals surface area contributed by atoms with Gasteiger partial charge in [-0.15, -0.1) is 0 Å². The van der Waals surface area contributed by atoms with Crippen LogP contribution in [0.2, 0.25) is 0 Å². The van der Waals surface area contributed by atoms with Crippen LogP contribution in [-0.4, -0.2) is 61.5 Å². The molecule has 6 heteroatoms. The quantitative estimate of drug-likeness (QED) is 0.810. The van der Waals surface area contributed by atoms with Crippen molar-refractivity contribution in [3.05, 3.63) is 22.4 Å². The van der Waals surface area contributed by atoms with Crippen LogP contribution in [0.5, 0.6) is 0 Å². The van der Waals surface area contributed by atoms with E-state index in [1.807, 2.05) is 16.8 Å². The van der Waals surface area contributed by atoms with Gasteiger partial charge in [0.1, 0.15) is 6.61 Å². The van der Waals surface area contributed by atoms with E-state index in [4.69, 9.17) is 4.74 Å². The molecule has 0 unspecified atom stereocenters. The third kappa shape index (κ3) is 2.88. The fourth-order valence-corrected chi connectivity index (χ4v) is 2.57. The summed E-state index contributed by atoms with van der Waals surface area (Å²) < 4.78 is 4.82. The third-order valence-electron chi connectivity index (χ3n) is 2.96. The number of piperazine rings is 1. The molecular weight excluding hydrogens is 252 g/mol.